The molecule has 0 spiro atoms. The summed E-state index contributed by atoms with van der Waals surface area (Å²) in [6, 6.07) is 5.14. The van der Waals surface area contributed by atoms with Crippen molar-refractivity contribution in [2.24, 2.45) is 0 Å². The molecule has 6 heteroatoms. The highest BCUT2D eigenvalue weighted by molar-refractivity contribution is 6.45. The topological polar surface area (TPSA) is 93.0 Å². The minimum Gasteiger partial charge on any atom is -0.398 e. The first-order valence-electron chi connectivity index (χ1n) is 7.04. The zero-order valence-electron chi connectivity index (χ0n) is 12.8. The summed E-state index contributed by atoms with van der Waals surface area (Å²) in [5.41, 5.74) is 12.1. The van der Waals surface area contributed by atoms with Crippen molar-refractivity contribution in [3.05, 3.63) is 47.0 Å². The van der Waals surface area contributed by atoms with Crippen LogP contribution in [-0.4, -0.2) is 11.5 Å². The van der Waals surface area contributed by atoms with Crippen molar-refractivity contribution in [2.75, 3.05) is 11.5 Å². The highest BCUT2D eigenvalue weighted by Gasteiger charge is 2.21. The Kier molecular flexibility index (Phi) is 5.79. The zero-order chi connectivity index (χ0) is 17.3. The van der Waals surface area contributed by atoms with Crippen molar-refractivity contribution in [3.8, 4) is 11.1 Å². The number of benzene rings is 2. The quantitative estimate of drug-likeness (QED) is 0.568. The first-order chi connectivity index (χ1) is 10.8. The van der Waals surface area contributed by atoms with Gasteiger partial charge in [0.15, 0.2) is 11.6 Å². The van der Waals surface area contributed by atoms with Crippen molar-refractivity contribution in [1.29, 1.82) is 5.41 Å². The number of ketones is 1. The van der Waals surface area contributed by atoms with Gasteiger partial charge in [0, 0.05) is 21.0 Å². The van der Waals surface area contributed by atoms with Gasteiger partial charge >= 0.3 is 0 Å². The number of hydrogen-bond donors (Lipinski definition) is 3. The van der Waals surface area contributed by atoms with Crippen molar-refractivity contribution < 1.29 is 16.4 Å². The lowest BCUT2D eigenvalue weighted by Crippen LogP contribution is -2.14. The summed E-state index contributed by atoms with van der Waals surface area (Å²) < 4.78 is 28.4. The second-order valence-corrected chi connectivity index (χ2v) is 5.16. The third kappa shape index (κ3) is 3.13. The van der Waals surface area contributed by atoms with E-state index >= 15 is 0 Å². The molecule has 0 aliphatic rings. The van der Waals surface area contributed by atoms with E-state index in [9.17, 15) is 13.6 Å². The first kappa shape index (κ1) is 19.3. The Morgan fingerprint density at radius 3 is 2.38 bits per heavy atom. The number of nitrogen functional groups attached to an aromatic ring is 2. The van der Waals surface area contributed by atoms with Gasteiger partial charge in [-0.2, -0.15) is 0 Å². The molecular weight excluding hydrogens is 312 g/mol. The Hall–Kier alpha value is -2.76. The number of hydrogen-bond acceptors (Lipinski definition) is 4. The van der Waals surface area contributed by atoms with E-state index in [2.05, 4.69) is 0 Å². The van der Waals surface area contributed by atoms with Crippen LogP contribution in [0.4, 0.5) is 20.2 Å². The van der Waals surface area contributed by atoms with Crippen molar-refractivity contribution in [3.63, 3.8) is 0 Å². The van der Waals surface area contributed by atoms with Gasteiger partial charge in [-0.1, -0.05) is 20.4 Å². The molecular formula is C18H25F2N3O. The van der Waals surface area contributed by atoms with Crippen LogP contribution in [0.15, 0.2) is 24.3 Å². The molecule has 0 saturated heterocycles. The van der Waals surface area contributed by atoms with Gasteiger partial charge in [0.2, 0.25) is 0 Å². The molecule has 4 nitrogen and oxygen atoms in total. The monoisotopic (exact) mass is 337 g/mol. The lowest BCUT2D eigenvalue weighted by Gasteiger charge is -2.16. The van der Waals surface area contributed by atoms with Crippen LogP contribution in [0.25, 0.3) is 11.1 Å². The number of Topliss-reactive ketones (excluding diaryl/α,β-unsaturated/α-hetero) is 1. The summed E-state index contributed by atoms with van der Waals surface area (Å²) in [6.07, 6.45) is 0.383. The molecule has 0 fully saturated rings. The maximum absolute atomic E-state index is 14.3. The molecule has 0 unspecified atom stereocenters. The number of carbonyl (C=O) groups excluding carboxylic acids is 1. The smallest absolute Gasteiger partial charge is 0.178 e. The molecule has 0 bridgehead atoms. The van der Waals surface area contributed by atoms with E-state index in [1.165, 1.54) is 19.1 Å². The third-order valence-electron chi connectivity index (χ3n) is 3.72. The molecule has 0 radical (unpaired) electrons. The maximum Gasteiger partial charge on any atom is 0.178 e. The van der Waals surface area contributed by atoms with Crippen LogP contribution in [-0.2, 0) is 11.2 Å². The van der Waals surface area contributed by atoms with E-state index in [-0.39, 0.29) is 44.1 Å². The third-order valence-corrected chi connectivity index (χ3v) is 3.72. The summed E-state index contributed by atoms with van der Waals surface area (Å²) >= 11 is 0. The maximum atomic E-state index is 14.3. The Morgan fingerprint density at radius 2 is 1.83 bits per heavy atom. The van der Waals surface area contributed by atoms with Gasteiger partial charge in [-0.15, -0.1) is 0 Å². The Morgan fingerprint density at radius 1 is 1.21 bits per heavy atom. The lowest BCUT2D eigenvalue weighted by molar-refractivity contribution is -0.111. The average molecular weight is 337 g/mol. The minimum absolute atomic E-state index is 0. The van der Waals surface area contributed by atoms with Crippen LogP contribution < -0.4 is 11.5 Å². The van der Waals surface area contributed by atoms with Gasteiger partial charge in [-0.25, -0.2) is 8.78 Å². The number of nitrogens with two attached hydrogens (primary N) is 2. The molecule has 24 heavy (non-hydrogen) atoms. The molecule has 0 saturated carbocycles. The first-order valence-corrected chi connectivity index (χ1v) is 7.04. The van der Waals surface area contributed by atoms with Gasteiger partial charge in [0.25, 0.3) is 0 Å². The van der Waals surface area contributed by atoms with Crippen LogP contribution >= 0.6 is 0 Å². The molecule has 0 amide bonds. The minimum atomic E-state index is -0.853. The standard InChI is InChI=1S/C17H17F2N3O.CH4.2H2/c1-3-9-10(14-12(18)6-7-13(20)15(14)19)4-5-11(17(9)22)16(21)8(2)23;;;/h4-7,21H,3,20,22H2,1-2H3;1H4;2*1H. The van der Waals surface area contributed by atoms with E-state index in [1.54, 1.807) is 6.92 Å². The van der Waals surface area contributed by atoms with Crippen molar-refractivity contribution in [1.82, 2.24) is 0 Å². The fourth-order valence-electron chi connectivity index (χ4n) is 2.50. The molecule has 2 rings (SSSR count). The summed E-state index contributed by atoms with van der Waals surface area (Å²) in [5, 5.41) is 7.79. The largest absolute Gasteiger partial charge is 0.398 e. The summed E-state index contributed by atoms with van der Waals surface area (Å²) in [4.78, 5) is 11.4. The van der Waals surface area contributed by atoms with Crippen LogP contribution in [0, 0.1) is 17.0 Å². The Labute approximate surface area is 143 Å². The Bertz CT molecular complexity index is 827. The molecule has 2 aromatic carbocycles. The number of nitrogens with one attached hydrogen (secondary N) is 1. The van der Waals surface area contributed by atoms with E-state index in [0.29, 0.717) is 12.0 Å². The van der Waals surface area contributed by atoms with Gasteiger partial charge < -0.3 is 11.5 Å². The SMILES string of the molecule is C.CCc1c(-c2c(F)ccc(N)c2F)ccc(C(=N)C(C)=O)c1N.[HH].[HH]. The molecule has 132 valence electrons. The predicted molar refractivity (Wildman–Crippen MR) is 98.5 cm³/mol. The average Bonchev–Trinajstić information content (AvgIpc) is 2.51. The fourth-order valence-corrected chi connectivity index (χ4v) is 2.50. The van der Waals surface area contributed by atoms with E-state index in [1.807, 2.05) is 0 Å². The van der Waals surface area contributed by atoms with Gasteiger partial charge in [-0.05, 0) is 35.7 Å². The molecule has 0 aliphatic heterocycles. The number of halogens is 2. The second-order valence-electron chi connectivity index (χ2n) is 5.16. The van der Waals surface area contributed by atoms with Crippen molar-refractivity contribution in [2.45, 2.75) is 27.7 Å². The van der Waals surface area contributed by atoms with Crippen molar-refractivity contribution >= 4 is 22.9 Å². The van der Waals surface area contributed by atoms with Gasteiger partial charge in [0.1, 0.15) is 11.5 Å². The Balaban J connectivity index is 0. The molecule has 0 aromatic heterocycles. The van der Waals surface area contributed by atoms with E-state index in [4.69, 9.17) is 16.9 Å². The molecule has 0 atom stereocenters. The highest BCUT2D eigenvalue weighted by Crippen LogP contribution is 2.36. The lowest BCUT2D eigenvalue weighted by atomic mass is 9.91. The van der Waals surface area contributed by atoms with Gasteiger partial charge in [0.05, 0.1) is 11.3 Å². The summed E-state index contributed by atoms with van der Waals surface area (Å²) in [7, 11) is 0. The normalized spacial score (nSPS) is 10.2. The molecule has 5 N–H and O–H groups in total. The molecule has 0 aliphatic carbocycles. The van der Waals surface area contributed by atoms with Crippen LogP contribution in [0.2, 0.25) is 0 Å². The summed E-state index contributed by atoms with van der Waals surface area (Å²) in [6.45, 7) is 3.04. The molecule has 2 aromatic rings. The van der Waals surface area contributed by atoms with E-state index < -0.39 is 17.4 Å². The van der Waals surface area contributed by atoms with Gasteiger partial charge in [-0.3, -0.25) is 10.2 Å². The summed E-state index contributed by atoms with van der Waals surface area (Å²) in [5.74, 6) is -2.04. The highest BCUT2D eigenvalue weighted by atomic mass is 19.1. The fraction of sp³-hybridized carbons (Fsp3) is 0.222. The van der Waals surface area contributed by atoms with Crippen LogP contribution in [0.1, 0.15) is 35.3 Å². The number of rotatable bonds is 4. The molecule has 0 heterocycles. The number of carbonyl (C=O) groups is 1. The van der Waals surface area contributed by atoms with E-state index in [0.717, 1.165) is 12.1 Å². The van der Waals surface area contributed by atoms with Crippen LogP contribution in [0.5, 0.6) is 0 Å². The second kappa shape index (κ2) is 7.21. The number of anilines is 2. The van der Waals surface area contributed by atoms with Crippen LogP contribution in [0.3, 0.4) is 0 Å². The zero-order valence-corrected chi connectivity index (χ0v) is 12.8. The predicted octanol–water partition coefficient (Wildman–Crippen LogP) is 4.44.